The third-order valence-corrected chi connectivity index (χ3v) is 4.48. The Morgan fingerprint density at radius 2 is 1.80 bits per heavy atom. The van der Waals surface area contributed by atoms with Gasteiger partial charge in [-0.05, 0) is 30.5 Å². The Morgan fingerprint density at radius 3 is 2.52 bits per heavy atom. The molecule has 0 atom stereocenters. The molecule has 3 rings (SSSR count). The van der Waals surface area contributed by atoms with Crippen molar-refractivity contribution in [3.05, 3.63) is 23.8 Å². The molecule has 2 heterocycles. The first-order valence-corrected chi connectivity index (χ1v) is 8.61. The van der Waals surface area contributed by atoms with Crippen LogP contribution in [0.4, 0.5) is 0 Å². The van der Waals surface area contributed by atoms with E-state index in [2.05, 4.69) is 0 Å². The maximum atomic E-state index is 12.8. The summed E-state index contributed by atoms with van der Waals surface area (Å²) in [6, 6.07) is 5.53. The van der Waals surface area contributed by atoms with Crippen LogP contribution in [0.3, 0.4) is 0 Å². The third kappa shape index (κ3) is 4.63. The summed E-state index contributed by atoms with van der Waals surface area (Å²) in [5.41, 5.74) is 0.835. The van der Waals surface area contributed by atoms with Crippen molar-refractivity contribution in [3.8, 4) is 11.5 Å². The maximum Gasteiger partial charge on any atom is 0.305 e. The summed E-state index contributed by atoms with van der Waals surface area (Å²) in [6.07, 6.45) is 1.65. The molecule has 1 saturated heterocycles. The molecular weight excluding hydrogens is 326 g/mol. The fourth-order valence-corrected chi connectivity index (χ4v) is 3.20. The van der Waals surface area contributed by atoms with Crippen molar-refractivity contribution in [1.82, 2.24) is 4.90 Å². The first-order valence-electron chi connectivity index (χ1n) is 8.61. The van der Waals surface area contributed by atoms with Gasteiger partial charge in [-0.25, -0.2) is 0 Å². The number of aliphatic carboxylic acids is 1. The Balaban J connectivity index is 1.69. The van der Waals surface area contributed by atoms with E-state index in [1.807, 2.05) is 18.2 Å². The van der Waals surface area contributed by atoms with Gasteiger partial charge in [-0.1, -0.05) is 6.07 Å². The fourth-order valence-electron chi connectivity index (χ4n) is 3.20. The van der Waals surface area contributed by atoms with E-state index < -0.39 is 5.97 Å². The van der Waals surface area contributed by atoms with E-state index in [-0.39, 0.29) is 31.3 Å². The molecule has 0 unspecified atom stereocenters. The molecule has 1 aromatic carbocycles. The van der Waals surface area contributed by atoms with Crippen molar-refractivity contribution in [2.75, 3.05) is 33.0 Å². The van der Waals surface area contributed by atoms with E-state index in [9.17, 15) is 9.59 Å². The molecule has 0 radical (unpaired) electrons. The minimum absolute atomic E-state index is 0.0396. The number of amides is 1. The number of benzene rings is 1. The number of carbonyl (C=O) groups is 2. The van der Waals surface area contributed by atoms with Crippen LogP contribution in [0.2, 0.25) is 0 Å². The standard InChI is InChI=1S/C18H23NO6/c20-17(12-13-1-2-15-16(11-13)25-10-9-24-15)19(6-3-18(21)22)14-4-7-23-8-5-14/h1-2,11,14H,3-10,12H2,(H,21,22). The topological polar surface area (TPSA) is 85.3 Å². The Morgan fingerprint density at radius 1 is 1.08 bits per heavy atom. The van der Waals surface area contributed by atoms with Crippen molar-refractivity contribution < 1.29 is 28.9 Å². The number of ether oxygens (including phenoxy) is 3. The van der Waals surface area contributed by atoms with E-state index in [1.165, 1.54) is 0 Å². The normalized spacial score (nSPS) is 17.1. The molecule has 25 heavy (non-hydrogen) atoms. The summed E-state index contributed by atoms with van der Waals surface area (Å²) in [4.78, 5) is 25.4. The predicted octanol–water partition coefficient (Wildman–Crippen LogP) is 1.48. The average Bonchev–Trinajstić information content (AvgIpc) is 2.62. The van der Waals surface area contributed by atoms with E-state index in [4.69, 9.17) is 19.3 Å². The van der Waals surface area contributed by atoms with Crippen LogP contribution < -0.4 is 9.47 Å². The maximum absolute atomic E-state index is 12.8. The summed E-state index contributed by atoms with van der Waals surface area (Å²) in [5, 5.41) is 8.97. The molecule has 0 aromatic heterocycles. The van der Waals surface area contributed by atoms with Crippen molar-refractivity contribution in [2.24, 2.45) is 0 Å². The van der Waals surface area contributed by atoms with Gasteiger partial charge in [0, 0.05) is 25.8 Å². The number of hydrogen-bond acceptors (Lipinski definition) is 5. The van der Waals surface area contributed by atoms with Gasteiger partial charge in [-0.2, -0.15) is 0 Å². The van der Waals surface area contributed by atoms with Gasteiger partial charge in [0.05, 0.1) is 12.8 Å². The van der Waals surface area contributed by atoms with Crippen LogP contribution in [-0.2, 0) is 20.7 Å². The Labute approximate surface area is 146 Å². The van der Waals surface area contributed by atoms with E-state index >= 15 is 0 Å². The number of carboxylic acids is 1. The molecule has 2 aliphatic heterocycles. The van der Waals surface area contributed by atoms with Gasteiger partial charge in [-0.15, -0.1) is 0 Å². The van der Waals surface area contributed by atoms with Gasteiger partial charge in [0.15, 0.2) is 11.5 Å². The van der Waals surface area contributed by atoms with Gasteiger partial charge in [-0.3, -0.25) is 9.59 Å². The summed E-state index contributed by atoms with van der Waals surface area (Å²) >= 11 is 0. The summed E-state index contributed by atoms with van der Waals surface area (Å²) in [6.45, 7) is 2.45. The average molecular weight is 349 g/mol. The molecule has 0 saturated carbocycles. The van der Waals surface area contributed by atoms with Gasteiger partial charge in [0.1, 0.15) is 13.2 Å². The zero-order valence-electron chi connectivity index (χ0n) is 14.1. The van der Waals surface area contributed by atoms with E-state index in [1.54, 1.807) is 4.90 Å². The summed E-state index contributed by atoms with van der Waals surface area (Å²) in [5.74, 6) is 0.378. The predicted molar refractivity (Wildman–Crippen MR) is 88.9 cm³/mol. The lowest BCUT2D eigenvalue weighted by Crippen LogP contribution is -2.45. The second kappa shape index (κ2) is 8.20. The SMILES string of the molecule is O=C(O)CCN(C(=O)Cc1ccc2c(c1)OCCO2)C1CCOCC1. The van der Waals surface area contributed by atoms with Crippen molar-refractivity contribution in [3.63, 3.8) is 0 Å². The summed E-state index contributed by atoms with van der Waals surface area (Å²) < 4.78 is 16.4. The van der Waals surface area contributed by atoms with E-state index in [0.29, 0.717) is 37.9 Å². The summed E-state index contributed by atoms with van der Waals surface area (Å²) in [7, 11) is 0. The Kier molecular flexibility index (Phi) is 5.75. The van der Waals surface area contributed by atoms with Crippen LogP contribution in [0.5, 0.6) is 11.5 Å². The van der Waals surface area contributed by atoms with Crippen molar-refractivity contribution >= 4 is 11.9 Å². The molecule has 0 spiro atoms. The Hall–Kier alpha value is -2.28. The van der Waals surface area contributed by atoms with Crippen molar-refractivity contribution in [2.45, 2.75) is 31.7 Å². The molecule has 2 aliphatic rings. The number of carbonyl (C=O) groups excluding carboxylic acids is 1. The van der Waals surface area contributed by atoms with Crippen LogP contribution in [0.1, 0.15) is 24.8 Å². The second-order valence-electron chi connectivity index (χ2n) is 6.23. The molecule has 0 bridgehead atoms. The Bertz CT molecular complexity index is 626. The van der Waals surface area contributed by atoms with Crippen molar-refractivity contribution in [1.29, 1.82) is 0 Å². The lowest BCUT2D eigenvalue weighted by molar-refractivity contribution is -0.140. The minimum Gasteiger partial charge on any atom is -0.486 e. The van der Waals surface area contributed by atoms with Gasteiger partial charge in [0.2, 0.25) is 5.91 Å². The van der Waals surface area contributed by atoms with Gasteiger partial charge >= 0.3 is 5.97 Å². The number of rotatable bonds is 6. The monoisotopic (exact) mass is 349 g/mol. The molecular formula is C18H23NO6. The zero-order chi connectivity index (χ0) is 17.6. The largest absolute Gasteiger partial charge is 0.486 e. The first-order chi connectivity index (χ1) is 12.1. The highest BCUT2D eigenvalue weighted by atomic mass is 16.6. The number of fused-ring (bicyclic) bond motifs is 1. The zero-order valence-corrected chi connectivity index (χ0v) is 14.1. The molecule has 136 valence electrons. The lowest BCUT2D eigenvalue weighted by Gasteiger charge is -2.34. The number of carboxylic acid groups (broad SMARTS) is 1. The quantitative estimate of drug-likeness (QED) is 0.837. The molecule has 0 aliphatic carbocycles. The van der Waals surface area contributed by atoms with Crippen LogP contribution in [0, 0.1) is 0 Å². The van der Waals surface area contributed by atoms with Crippen LogP contribution in [0.25, 0.3) is 0 Å². The molecule has 7 heteroatoms. The first kappa shape index (κ1) is 17.5. The number of nitrogens with zero attached hydrogens (tertiary/aromatic N) is 1. The van der Waals surface area contributed by atoms with Crippen LogP contribution >= 0.6 is 0 Å². The molecule has 1 fully saturated rings. The van der Waals surface area contributed by atoms with Gasteiger partial charge in [0.25, 0.3) is 0 Å². The van der Waals surface area contributed by atoms with E-state index in [0.717, 1.165) is 18.4 Å². The molecule has 7 nitrogen and oxygen atoms in total. The van der Waals surface area contributed by atoms with Crippen LogP contribution in [-0.4, -0.2) is 60.9 Å². The molecule has 1 amide bonds. The molecule has 1 N–H and O–H groups in total. The highest BCUT2D eigenvalue weighted by Crippen LogP contribution is 2.31. The lowest BCUT2D eigenvalue weighted by atomic mass is 10.0. The smallest absolute Gasteiger partial charge is 0.305 e. The number of hydrogen-bond donors (Lipinski definition) is 1. The minimum atomic E-state index is -0.899. The van der Waals surface area contributed by atoms with Crippen LogP contribution in [0.15, 0.2) is 18.2 Å². The fraction of sp³-hybridized carbons (Fsp3) is 0.556. The highest BCUT2D eigenvalue weighted by molar-refractivity contribution is 5.80. The van der Waals surface area contributed by atoms with Gasteiger partial charge < -0.3 is 24.2 Å². The third-order valence-electron chi connectivity index (χ3n) is 4.48. The highest BCUT2D eigenvalue weighted by Gasteiger charge is 2.26. The second-order valence-corrected chi connectivity index (χ2v) is 6.23. The molecule has 1 aromatic rings.